The van der Waals surface area contributed by atoms with Crippen LogP contribution in [0.2, 0.25) is 0 Å². The van der Waals surface area contributed by atoms with E-state index in [1.165, 1.54) is 0 Å². The van der Waals surface area contributed by atoms with E-state index in [4.69, 9.17) is 4.74 Å². The fraction of sp³-hybridized carbons (Fsp3) is 0.476. The van der Waals surface area contributed by atoms with E-state index in [2.05, 4.69) is 20.2 Å². The molecule has 2 aromatic rings. The number of ether oxygens (including phenoxy) is 1. The first kappa shape index (κ1) is 19.5. The van der Waals surface area contributed by atoms with Gasteiger partial charge in [0.1, 0.15) is 5.82 Å². The maximum Gasteiger partial charge on any atom is 0.231 e. The molecule has 1 N–H and O–H groups in total. The summed E-state index contributed by atoms with van der Waals surface area (Å²) in [6.07, 6.45) is 6.22. The minimum atomic E-state index is -0.423. The average molecular weight is 368 g/mol. The Morgan fingerprint density at radius 2 is 2.07 bits per heavy atom. The lowest BCUT2D eigenvalue weighted by Crippen LogP contribution is -2.35. The zero-order valence-electron chi connectivity index (χ0n) is 16.4. The van der Waals surface area contributed by atoms with Crippen LogP contribution in [-0.2, 0) is 16.1 Å². The number of morpholine rings is 1. The van der Waals surface area contributed by atoms with E-state index < -0.39 is 5.41 Å². The van der Waals surface area contributed by atoms with Gasteiger partial charge in [0.15, 0.2) is 0 Å². The van der Waals surface area contributed by atoms with Crippen molar-refractivity contribution < 1.29 is 9.53 Å². The van der Waals surface area contributed by atoms with Crippen molar-refractivity contribution in [2.75, 3.05) is 31.6 Å². The first-order valence-corrected chi connectivity index (χ1v) is 9.50. The first-order chi connectivity index (χ1) is 13.0. The van der Waals surface area contributed by atoms with E-state index in [0.717, 1.165) is 56.0 Å². The second kappa shape index (κ2) is 8.59. The molecule has 144 valence electrons. The van der Waals surface area contributed by atoms with Crippen molar-refractivity contribution in [2.45, 2.75) is 33.7 Å². The number of hydrogen-bond donors (Lipinski definition) is 1. The van der Waals surface area contributed by atoms with E-state index in [1.807, 2.05) is 51.4 Å². The van der Waals surface area contributed by atoms with Crippen molar-refractivity contribution in [1.29, 1.82) is 0 Å². The van der Waals surface area contributed by atoms with Gasteiger partial charge >= 0.3 is 0 Å². The Morgan fingerprint density at radius 3 is 2.74 bits per heavy atom. The molecule has 0 radical (unpaired) electrons. The topological polar surface area (TPSA) is 67.4 Å². The number of pyridine rings is 2. The maximum absolute atomic E-state index is 12.5. The standard InChI is InChI=1S/C21H28N4O2/c1-4-21(2,3)20(26)24-19-12-17(15-25-8-10-27-11-9-25)18(14-23-19)16-6-5-7-22-13-16/h5-7,12-14H,4,8-11,15H2,1-3H3,(H,23,24,26). The van der Waals surface area contributed by atoms with E-state index in [9.17, 15) is 4.79 Å². The number of carbonyl (C=O) groups excluding carboxylic acids is 1. The van der Waals surface area contributed by atoms with Gasteiger partial charge in [-0.05, 0) is 24.1 Å². The lowest BCUT2D eigenvalue weighted by molar-refractivity contribution is -0.124. The Hall–Kier alpha value is -2.31. The normalized spacial score (nSPS) is 15.5. The zero-order valence-corrected chi connectivity index (χ0v) is 16.4. The molecular weight excluding hydrogens is 340 g/mol. The summed E-state index contributed by atoms with van der Waals surface area (Å²) in [5.41, 5.74) is 2.78. The third-order valence-corrected chi connectivity index (χ3v) is 5.20. The predicted octanol–water partition coefficient (Wildman–Crippen LogP) is 3.35. The van der Waals surface area contributed by atoms with Crippen molar-refractivity contribution >= 4 is 11.7 Å². The average Bonchev–Trinajstić information content (AvgIpc) is 2.69. The Balaban J connectivity index is 1.89. The van der Waals surface area contributed by atoms with Crippen molar-refractivity contribution in [3.63, 3.8) is 0 Å². The number of rotatable bonds is 6. The molecule has 2 aromatic heterocycles. The summed E-state index contributed by atoms with van der Waals surface area (Å²) in [7, 11) is 0. The number of anilines is 1. The number of carbonyl (C=O) groups is 1. The Labute approximate surface area is 161 Å². The lowest BCUT2D eigenvalue weighted by Gasteiger charge is -2.27. The van der Waals surface area contributed by atoms with Gasteiger partial charge in [0.25, 0.3) is 0 Å². The minimum Gasteiger partial charge on any atom is -0.379 e. The molecule has 0 atom stereocenters. The molecule has 3 rings (SSSR count). The molecule has 0 spiro atoms. The highest BCUT2D eigenvalue weighted by atomic mass is 16.5. The molecule has 0 aliphatic carbocycles. The Morgan fingerprint density at radius 1 is 1.30 bits per heavy atom. The molecule has 1 aliphatic rings. The Bertz CT molecular complexity index is 771. The van der Waals surface area contributed by atoms with Gasteiger partial charge < -0.3 is 10.1 Å². The summed E-state index contributed by atoms with van der Waals surface area (Å²) >= 11 is 0. The van der Waals surface area contributed by atoms with E-state index >= 15 is 0 Å². The van der Waals surface area contributed by atoms with Gasteiger partial charge in [-0.2, -0.15) is 0 Å². The molecule has 1 aliphatic heterocycles. The Kier molecular flexibility index (Phi) is 6.19. The third kappa shape index (κ3) is 4.90. The molecule has 0 saturated carbocycles. The fourth-order valence-electron chi connectivity index (χ4n) is 2.92. The molecule has 0 aromatic carbocycles. The van der Waals surface area contributed by atoms with Gasteiger partial charge in [-0.25, -0.2) is 4.98 Å². The molecule has 0 bridgehead atoms. The van der Waals surface area contributed by atoms with Crippen molar-refractivity contribution in [3.05, 3.63) is 42.4 Å². The van der Waals surface area contributed by atoms with E-state index in [0.29, 0.717) is 5.82 Å². The largest absolute Gasteiger partial charge is 0.379 e. The highest BCUT2D eigenvalue weighted by molar-refractivity contribution is 5.94. The minimum absolute atomic E-state index is 0.0102. The van der Waals surface area contributed by atoms with Crippen molar-refractivity contribution in [1.82, 2.24) is 14.9 Å². The van der Waals surface area contributed by atoms with Gasteiger partial charge in [-0.3, -0.25) is 14.7 Å². The quantitative estimate of drug-likeness (QED) is 0.847. The van der Waals surface area contributed by atoms with Crippen LogP contribution in [-0.4, -0.2) is 47.1 Å². The van der Waals surface area contributed by atoms with Crippen LogP contribution in [0.4, 0.5) is 5.82 Å². The maximum atomic E-state index is 12.5. The molecule has 1 saturated heterocycles. The molecule has 1 amide bonds. The highest BCUT2D eigenvalue weighted by Crippen LogP contribution is 2.27. The summed E-state index contributed by atoms with van der Waals surface area (Å²) < 4.78 is 5.46. The van der Waals surface area contributed by atoms with Crippen LogP contribution in [0, 0.1) is 5.41 Å². The molecule has 0 unspecified atom stereocenters. The summed E-state index contributed by atoms with van der Waals surface area (Å²) in [4.78, 5) is 23.6. The zero-order chi connectivity index (χ0) is 19.3. The number of nitrogens with zero attached hydrogens (tertiary/aromatic N) is 3. The number of amides is 1. The second-order valence-corrected chi connectivity index (χ2v) is 7.55. The molecule has 1 fully saturated rings. The van der Waals surface area contributed by atoms with Crippen LogP contribution in [0.1, 0.15) is 32.8 Å². The fourth-order valence-corrected chi connectivity index (χ4v) is 2.92. The van der Waals surface area contributed by atoms with Crippen molar-refractivity contribution in [3.8, 4) is 11.1 Å². The summed E-state index contributed by atoms with van der Waals surface area (Å²) in [5.74, 6) is 0.585. The summed E-state index contributed by atoms with van der Waals surface area (Å²) in [6, 6.07) is 5.94. The van der Waals surface area contributed by atoms with Crippen LogP contribution in [0.25, 0.3) is 11.1 Å². The predicted molar refractivity (Wildman–Crippen MR) is 106 cm³/mol. The molecular formula is C21H28N4O2. The van der Waals surface area contributed by atoms with Gasteiger partial charge in [0, 0.05) is 54.8 Å². The smallest absolute Gasteiger partial charge is 0.231 e. The second-order valence-electron chi connectivity index (χ2n) is 7.55. The lowest BCUT2D eigenvalue weighted by atomic mass is 9.89. The monoisotopic (exact) mass is 368 g/mol. The number of nitrogens with one attached hydrogen (secondary N) is 1. The summed E-state index contributed by atoms with van der Waals surface area (Å²) in [5, 5.41) is 2.98. The molecule has 6 heteroatoms. The third-order valence-electron chi connectivity index (χ3n) is 5.20. The van der Waals surface area contributed by atoms with Crippen LogP contribution in [0.15, 0.2) is 36.8 Å². The van der Waals surface area contributed by atoms with Crippen molar-refractivity contribution in [2.24, 2.45) is 5.41 Å². The van der Waals surface area contributed by atoms with Crippen LogP contribution < -0.4 is 5.32 Å². The van der Waals surface area contributed by atoms with E-state index in [1.54, 1.807) is 6.20 Å². The molecule has 27 heavy (non-hydrogen) atoms. The van der Waals surface area contributed by atoms with E-state index in [-0.39, 0.29) is 5.91 Å². The van der Waals surface area contributed by atoms with Crippen LogP contribution >= 0.6 is 0 Å². The first-order valence-electron chi connectivity index (χ1n) is 9.50. The van der Waals surface area contributed by atoms with Gasteiger partial charge in [-0.15, -0.1) is 0 Å². The summed E-state index contributed by atoms with van der Waals surface area (Å²) in [6.45, 7) is 10.0. The molecule has 3 heterocycles. The van der Waals surface area contributed by atoms with Crippen LogP contribution in [0.5, 0.6) is 0 Å². The van der Waals surface area contributed by atoms with Gasteiger partial charge in [0.05, 0.1) is 13.2 Å². The van der Waals surface area contributed by atoms with Gasteiger partial charge in [0.2, 0.25) is 5.91 Å². The van der Waals surface area contributed by atoms with Gasteiger partial charge in [-0.1, -0.05) is 26.8 Å². The molecule has 6 nitrogen and oxygen atoms in total. The van der Waals surface area contributed by atoms with Crippen LogP contribution in [0.3, 0.4) is 0 Å². The number of aromatic nitrogens is 2. The SMILES string of the molecule is CCC(C)(C)C(=O)Nc1cc(CN2CCOCC2)c(-c2cccnc2)cn1. The highest BCUT2D eigenvalue weighted by Gasteiger charge is 2.26. The number of hydrogen-bond acceptors (Lipinski definition) is 5.